The van der Waals surface area contributed by atoms with E-state index in [1.54, 1.807) is 0 Å². The van der Waals surface area contributed by atoms with Gasteiger partial charge in [0, 0.05) is 17.8 Å². The van der Waals surface area contributed by atoms with Gasteiger partial charge in [0.1, 0.15) is 5.69 Å². The molecule has 112 valence electrons. The molecule has 20 heavy (non-hydrogen) atoms. The summed E-state index contributed by atoms with van der Waals surface area (Å²) in [5, 5.41) is 5.91. The Morgan fingerprint density at radius 1 is 1.45 bits per heavy atom. The molecule has 0 aromatic carbocycles. The summed E-state index contributed by atoms with van der Waals surface area (Å²) < 4.78 is 0. The molecule has 0 aliphatic heterocycles. The largest absolute Gasteiger partial charge is 0.348 e. The van der Waals surface area contributed by atoms with Crippen LogP contribution in [0.4, 0.5) is 0 Å². The summed E-state index contributed by atoms with van der Waals surface area (Å²) in [7, 11) is 0. The SMILES string of the molecule is CCCC1CCC(NC(=O)c2csc(CCN)n2)CC1. The summed E-state index contributed by atoms with van der Waals surface area (Å²) in [6.07, 6.45) is 8.05. The molecule has 1 aromatic rings. The minimum absolute atomic E-state index is 0.0246. The van der Waals surface area contributed by atoms with Gasteiger partial charge in [-0.05, 0) is 38.1 Å². The smallest absolute Gasteiger partial charge is 0.270 e. The van der Waals surface area contributed by atoms with Crippen molar-refractivity contribution in [3.63, 3.8) is 0 Å². The van der Waals surface area contributed by atoms with E-state index in [4.69, 9.17) is 5.73 Å². The van der Waals surface area contributed by atoms with Crippen molar-refractivity contribution in [1.82, 2.24) is 10.3 Å². The Labute approximate surface area is 125 Å². The molecule has 5 heteroatoms. The van der Waals surface area contributed by atoms with Crippen LogP contribution in [0.3, 0.4) is 0 Å². The van der Waals surface area contributed by atoms with Crippen molar-refractivity contribution in [1.29, 1.82) is 0 Å². The Kier molecular flexibility index (Phi) is 5.98. The summed E-state index contributed by atoms with van der Waals surface area (Å²) in [5.74, 6) is 0.840. The molecule has 2 rings (SSSR count). The van der Waals surface area contributed by atoms with Gasteiger partial charge in [0.05, 0.1) is 5.01 Å². The topological polar surface area (TPSA) is 68.0 Å². The third kappa shape index (κ3) is 4.28. The van der Waals surface area contributed by atoms with Crippen LogP contribution in [0.5, 0.6) is 0 Å². The first-order chi connectivity index (χ1) is 9.72. The first-order valence-corrected chi connectivity index (χ1v) is 8.56. The van der Waals surface area contributed by atoms with Crippen molar-refractivity contribution in [3.8, 4) is 0 Å². The summed E-state index contributed by atoms with van der Waals surface area (Å²) in [6, 6.07) is 0.329. The molecule has 1 aliphatic rings. The molecule has 0 saturated heterocycles. The molecule has 0 radical (unpaired) electrons. The molecule has 0 bridgehead atoms. The van der Waals surface area contributed by atoms with Crippen molar-refractivity contribution in [3.05, 3.63) is 16.1 Å². The van der Waals surface area contributed by atoms with Gasteiger partial charge in [-0.1, -0.05) is 19.8 Å². The molecular formula is C15H25N3OS. The van der Waals surface area contributed by atoms with E-state index in [0.29, 0.717) is 18.3 Å². The van der Waals surface area contributed by atoms with E-state index in [1.165, 1.54) is 37.0 Å². The van der Waals surface area contributed by atoms with Gasteiger partial charge in [-0.2, -0.15) is 0 Å². The highest BCUT2D eigenvalue weighted by atomic mass is 32.1. The fourth-order valence-electron chi connectivity index (χ4n) is 2.92. The number of thiazole rings is 1. The predicted octanol–water partition coefficient (Wildman–Crippen LogP) is 2.73. The highest BCUT2D eigenvalue weighted by molar-refractivity contribution is 7.09. The number of hydrogen-bond acceptors (Lipinski definition) is 4. The third-order valence-electron chi connectivity index (χ3n) is 4.02. The van der Waals surface area contributed by atoms with E-state index in [1.807, 2.05) is 5.38 Å². The lowest BCUT2D eigenvalue weighted by Gasteiger charge is -2.28. The molecule has 3 N–H and O–H groups in total. The number of amides is 1. The Balaban J connectivity index is 1.79. The quantitative estimate of drug-likeness (QED) is 0.848. The second kappa shape index (κ2) is 7.74. The average molecular weight is 295 g/mol. The number of nitrogens with zero attached hydrogens (tertiary/aromatic N) is 1. The van der Waals surface area contributed by atoms with Crippen LogP contribution >= 0.6 is 11.3 Å². The zero-order chi connectivity index (χ0) is 14.4. The number of hydrogen-bond donors (Lipinski definition) is 2. The Morgan fingerprint density at radius 3 is 2.85 bits per heavy atom. The molecule has 1 aromatic heterocycles. The molecule has 1 saturated carbocycles. The number of nitrogens with one attached hydrogen (secondary N) is 1. The highest BCUT2D eigenvalue weighted by Crippen LogP contribution is 2.27. The molecular weight excluding hydrogens is 270 g/mol. The molecule has 1 aliphatic carbocycles. The number of rotatable bonds is 6. The van der Waals surface area contributed by atoms with Gasteiger partial charge in [0.2, 0.25) is 0 Å². The van der Waals surface area contributed by atoms with Crippen molar-refractivity contribution < 1.29 is 4.79 Å². The average Bonchev–Trinajstić information content (AvgIpc) is 2.90. The van der Waals surface area contributed by atoms with Gasteiger partial charge in [-0.3, -0.25) is 4.79 Å². The molecule has 1 fully saturated rings. The van der Waals surface area contributed by atoms with Crippen LogP contribution < -0.4 is 11.1 Å². The first kappa shape index (κ1) is 15.4. The van der Waals surface area contributed by atoms with Crippen LogP contribution in [0.2, 0.25) is 0 Å². The fourth-order valence-corrected chi connectivity index (χ4v) is 3.71. The number of nitrogens with two attached hydrogens (primary N) is 1. The maximum Gasteiger partial charge on any atom is 0.270 e. The molecule has 0 atom stereocenters. The van der Waals surface area contributed by atoms with Crippen molar-refractivity contribution in [2.75, 3.05) is 6.54 Å². The van der Waals surface area contributed by atoms with Crippen molar-refractivity contribution in [2.45, 2.75) is 57.9 Å². The first-order valence-electron chi connectivity index (χ1n) is 7.68. The third-order valence-corrected chi connectivity index (χ3v) is 4.93. The van der Waals surface area contributed by atoms with E-state index in [2.05, 4.69) is 17.2 Å². The monoisotopic (exact) mass is 295 g/mol. The van der Waals surface area contributed by atoms with E-state index in [0.717, 1.165) is 30.2 Å². The van der Waals surface area contributed by atoms with Gasteiger partial charge < -0.3 is 11.1 Å². The highest BCUT2D eigenvalue weighted by Gasteiger charge is 2.22. The van der Waals surface area contributed by atoms with Gasteiger partial charge in [-0.25, -0.2) is 4.98 Å². The second-order valence-electron chi connectivity index (χ2n) is 5.64. The normalized spacial score (nSPS) is 22.7. The summed E-state index contributed by atoms with van der Waals surface area (Å²) in [4.78, 5) is 16.5. The standard InChI is InChI=1S/C15H25N3OS/c1-2-3-11-4-6-12(7-5-11)17-15(19)13-10-20-14(18-13)8-9-16/h10-12H,2-9,16H2,1H3,(H,17,19). The lowest BCUT2D eigenvalue weighted by molar-refractivity contribution is 0.0916. The maximum atomic E-state index is 12.1. The van der Waals surface area contributed by atoms with Crippen LogP contribution in [0.25, 0.3) is 0 Å². The van der Waals surface area contributed by atoms with Crippen molar-refractivity contribution >= 4 is 17.2 Å². The molecule has 4 nitrogen and oxygen atoms in total. The van der Waals surface area contributed by atoms with E-state index in [-0.39, 0.29) is 5.91 Å². The fraction of sp³-hybridized carbons (Fsp3) is 0.733. The van der Waals surface area contributed by atoms with Crippen LogP contribution in [-0.2, 0) is 6.42 Å². The predicted molar refractivity (Wildman–Crippen MR) is 83.0 cm³/mol. The Hall–Kier alpha value is -0.940. The van der Waals surface area contributed by atoms with Gasteiger partial charge >= 0.3 is 0 Å². The summed E-state index contributed by atoms with van der Waals surface area (Å²) in [5.41, 5.74) is 6.05. The minimum atomic E-state index is -0.0246. The lowest BCUT2D eigenvalue weighted by atomic mass is 9.83. The van der Waals surface area contributed by atoms with Gasteiger partial charge in [-0.15, -0.1) is 11.3 Å². The number of carbonyl (C=O) groups excluding carboxylic acids is 1. The number of aromatic nitrogens is 1. The van der Waals surface area contributed by atoms with Gasteiger partial charge in [0.25, 0.3) is 5.91 Å². The number of carbonyl (C=O) groups is 1. The summed E-state index contributed by atoms with van der Waals surface area (Å²) >= 11 is 1.52. The molecule has 0 spiro atoms. The Bertz CT molecular complexity index is 425. The van der Waals surface area contributed by atoms with Crippen molar-refractivity contribution in [2.24, 2.45) is 11.7 Å². The molecule has 1 amide bonds. The maximum absolute atomic E-state index is 12.1. The second-order valence-corrected chi connectivity index (χ2v) is 6.59. The Morgan fingerprint density at radius 2 is 2.20 bits per heavy atom. The zero-order valence-corrected chi connectivity index (χ0v) is 13.0. The van der Waals surface area contributed by atoms with E-state index in [9.17, 15) is 4.79 Å². The molecule has 0 unspecified atom stereocenters. The zero-order valence-electron chi connectivity index (χ0n) is 12.2. The lowest BCUT2D eigenvalue weighted by Crippen LogP contribution is -2.37. The minimum Gasteiger partial charge on any atom is -0.348 e. The molecule has 1 heterocycles. The van der Waals surface area contributed by atoms with Crippen LogP contribution in [0.15, 0.2) is 5.38 Å². The van der Waals surface area contributed by atoms with Crippen LogP contribution in [-0.4, -0.2) is 23.5 Å². The van der Waals surface area contributed by atoms with Crippen LogP contribution in [0, 0.1) is 5.92 Å². The summed E-state index contributed by atoms with van der Waals surface area (Å²) in [6.45, 7) is 2.82. The van der Waals surface area contributed by atoms with Gasteiger partial charge in [0.15, 0.2) is 0 Å². The van der Waals surface area contributed by atoms with E-state index >= 15 is 0 Å². The van der Waals surface area contributed by atoms with E-state index < -0.39 is 0 Å². The van der Waals surface area contributed by atoms with Crippen LogP contribution in [0.1, 0.15) is 60.9 Å².